The van der Waals surface area contributed by atoms with Crippen LogP contribution < -0.4 is 4.74 Å². The second-order valence-corrected chi connectivity index (χ2v) is 3.59. The first-order valence-corrected chi connectivity index (χ1v) is 4.73. The van der Waals surface area contributed by atoms with Gasteiger partial charge in [0.1, 0.15) is 5.75 Å². The molecule has 1 aromatic carbocycles. The van der Waals surface area contributed by atoms with Gasteiger partial charge >= 0.3 is 19.0 Å². The van der Waals surface area contributed by atoms with Crippen LogP contribution in [0.5, 0.6) is 5.75 Å². The van der Waals surface area contributed by atoms with Crippen molar-refractivity contribution in [3.63, 3.8) is 0 Å². The van der Waals surface area contributed by atoms with Gasteiger partial charge in [-0.1, -0.05) is 11.6 Å². The number of halogens is 9. The van der Waals surface area contributed by atoms with Crippen molar-refractivity contribution >= 4 is 11.6 Å². The predicted octanol–water partition coefficient (Wildman–Crippen LogP) is 4.98. The molecule has 0 saturated carbocycles. The highest BCUT2D eigenvalue weighted by Crippen LogP contribution is 2.44. The fourth-order valence-corrected chi connectivity index (χ4v) is 1.41. The minimum atomic E-state index is -5.24. The SMILES string of the molecule is FC(F)Oc1cc(C(F)(F)F)cc(C(F)(F)F)c1Cl. The van der Waals surface area contributed by atoms with Crippen molar-refractivity contribution in [3.05, 3.63) is 28.3 Å². The minimum absolute atomic E-state index is 0.0241. The maximum atomic E-state index is 12.4. The van der Waals surface area contributed by atoms with Crippen LogP contribution in [0.1, 0.15) is 11.1 Å². The van der Waals surface area contributed by atoms with Crippen molar-refractivity contribution in [1.82, 2.24) is 0 Å². The molecular formula is C9H3ClF8O. The summed E-state index contributed by atoms with van der Waals surface area (Å²) in [6.07, 6.45) is -10.4. The molecular weight excluding hydrogens is 312 g/mol. The molecule has 0 aliphatic carbocycles. The van der Waals surface area contributed by atoms with E-state index in [1.165, 1.54) is 0 Å². The normalized spacial score (nSPS) is 12.9. The molecule has 0 fully saturated rings. The maximum Gasteiger partial charge on any atom is 0.417 e. The molecule has 0 atom stereocenters. The molecule has 0 amide bonds. The lowest BCUT2D eigenvalue weighted by molar-refractivity contribution is -0.143. The van der Waals surface area contributed by atoms with Crippen molar-refractivity contribution in [2.24, 2.45) is 0 Å². The van der Waals surface area contributed by atoms with E-state index in [4.69, 9.17) is 11.6 Å². The lowest BCUT2D eigenvalue weighted by Crippen LogP contribution is -2.13. The Balaban J connectivity index is 3.48. The molecule has 1 rings (SSSR count). The zero-order chi connectivity index (χ0) is 15.0. The van der Waals surface area contributed by atoms with E-state index in [1.54, 1.807) is 0 Å². The van der Waals surface area contributed by atoms with Crippen LogP contribution in [0.25, 0.3) is 0 Å². The van der Waals surface area contributed by atoms with Gasteiger partial charge in [0, 0.05) is 0 Å². The van der Waals surface area contributed by atoms with Gasteiger partial charge in [-0.2, -0.15) is 35.1 Å². The van der Waals surface area contributed by atoms with E-state index in [1.807, 2.05) is 0 Å². The molecule has 1 aromatic rings. The van der Waals surface area contributed by atoms with E-state index in [9.17, 15) is 35.1 Å². The van der Waals surface area contributed by atoms with Gasteiger partial charge in [-0.15, -0.1) is 0 Å². The van der Waals surface area contributed by atoms with Crippen molar-refractivity contribution < 1.29 is 39.9 Å². The summed E-state index contributed by atoms with van der Waals surface area (Å²) in [5.41, 5.74) is -3.69. The first-order valence-electron chi connectivity index (χ1n) is 4.35. The Morgan fingerprint density at radius 3 is 1.84 bits per heavy atom. The summed E-state index contributed by atoms with van der Waals surface area (Å²) in [6, 6.07) is -0.301. The summed E-state index contributed by atoms with van der Waals surface area (Å²) in [7, 11) is 0. The highest BCUT2D eigenvalue weighted by Gasteiger charge is 2.40. The largest absolute Gasteiger partial charge is 0.433 e. The number of rotatable bonds is 2. The fraction of sp³-hybridized carbons (Fsp3) is 0.333. The molecule has 10 heteroatoms. The Bertz CT molecular complexity index is 465. The lowest BCUT2D eigenvalue weighted by Gasteiger charge is -2.16. The Morgan fingerprint density at radius 2 is 1.47 bits per heavy atom. The first-order chi connectivity index (χ1) is 8.43. The molecule has 0 bridgehead atoms. The summed E-state index contributed by atoms with van der Waals surface area (Å²) in [6.45, 7) is -3.61. The molecule has 0 saturated heterocycles. The summed E-state index contributed by atoms with van der Waals surface area (Å²) in [5.74, 6) is -1.39. The van der Waals surface area contributed by atoms with Gasteiger partial charge in [-0.05, 0) is 12.1 Å². The van der Waals surface area contributed by atoms with Crippen molar-refractivity contribution in [2.75, 3.05) is 0 Å². The quantitative estimate of drug-likeness (QED) is 0.700. The van der Waals surface area contributed by atoms with Gasteiger partial charge < -0.3 is 4.74 Å². The van der Waals surface area contributed by atoms with E-state index in [2.05, 4.69) is 4.74 Å². The molecule has 108 valence electrons. The van der Waals surface area contributed by atoms with E-state index in [0.29, 0.717) is 0 Å². The van der Waals surface area contributed by atoms with Crippen LogP contribution in [0.15, 0.2) is 12.1 Å². The number of benzene rings is 1. The molecule has 0 heterocycles. The third-order valence-electron chi connectivity index (χ3n) is 1.89. The van der Waals surface area contributed by atoms with Crippen LogP contribution in [-0.4, -0.2) is 6.61 Å². The monoisotopic (exact) mass is 314 g/mol. The van der Waals surface area contributed by atoms with Gasteiger partial charge in [-0.25, -0.2) is 0 Å². The molecule has 0 radical (unpaired) electrons. The number of ether oxygens (including phenoxy) is 1. The Labute approximate surface area is 105 Å². The van der Waals surface area contributed by atoms with Gasteiger partial charge in [-0.3, -0.25) is 0 Å². The van der Waals surface area contributed by atoms with Gasteiger partial charge in [0.2, 0.25) is 0 Å². The number of hydrogen-bond donors (Lipinski definition) is 0. The Morgan fingerprint density at radius 1 is 0.947 bits per heavy atom. The standard InChI is InChI=1S/C9H3ClF8O/c10-6-4(9(16,17)18)1-3(8(13,14)15)2-5(6)19-7(11)12/h1-2,7H. The number of hydrogen-bond acceptors (Lipinski definition) is 1. The van der Waals surface area contributed by atoms with Crippen molar-refractivity contribution in [1.29, 1.82) is 0 Å². The maximum absolute atomic E-state index is 12.4. The Hall–Kier alpha value is -1.25. The van der Waals surface area contributed by atoms with Crippen molar-refractivity contribution in [2.45, 2.75) is 19.0 Å². The van der Waals surface area contributed by atoms with Crippen LogP contribution in [0, 0.1) is 0 Å². The average molecular weight is 315 g/mol. The molecule has 19 heavy (non-hydrogen) atoms. The Kier molecular flexibility index (Phi) is 4.18. The molecule has 0 aromatic heterocycles. The molecule has 0 aliphatic rings. The van der Waals surface area contributed by atoms with E-state index in [0.717, 1.165) is 0 Å². The van der Waals surface area contributed by atoms with E-state index >= 15 is 0 Å². The predicted molar refractivity (Wildman–Crippen MR) is 48.1 cm³/mol. The lowest BCUT2D eigenvalue weighted by atomic mass is 10.1. The van der Waals surface area contributed by atoms with Crippen molar-refractivity contribution in [3.8, 4) is 5.75 Å². The highest BCUT2D eigenvalue weighted by molar-refractivity contribution is 6.33. The third kappa shape index (κ3) is 3.85. The molecule has 0 aliphatic heterocycles. The molecule has 0 unspecified atom stereocenters. The van der Waals surface area contributed by atoms with Crippen LogP contribution >= 0.6 is 11.6 Å². The van der Waals surface area contributed by atoms with Crippen LogP contribution in [0.3, 0.4) is 0 Å². The van der Waals surface area contributed by atoms with E-state index in [-0.39, 0.29) is 12.1 Å². The van der Waals surface area contributed by atoms with Gasteiger partial charge in [0.25, 0.3) is 0 Å². The summed E-state index contributed by atoms with van der Waals surface area (Å²) < 4.78 is 102. The minimum Gasteiger partial charge on any atom is -0.433 e. The summed E-state index contributed by atoms with van der Waals surface area (Å²) >= 11 is 5.11. The number of alkyl halides is 8. The zero-order valence-electron chi connectivity index (χ0n) is 8.54. The molecule has 0 spiro atoms. The topological polar surface area (TPSA) is 9.23 Å². The summed E-state index contributed by atoms with van der Waals surface area (Å²) in [5, 5.41) is -1.36. The highest BCUT2D eigenvalue weighted by atomic mass is 35.5. The van der Waals surface area contributed by atoms with Gasteiger partial charge in [0.15, 0.2) is 0 Å². The molecule has 1 nitrogen and oxygen atoms in total. The van der Waals surface area contributed by atoms with Crippen LogP contribution in [0.4, 0.5) is 35.1 Å². The van der Waals surface area contributed by atoms with Crippen LogP contribution in [0.2, 0.25) is 5.02 Å². The second kappa shape index (κ2) is 5.03. The van der Waals surface area contributed by atoms with Gasteiger partial charge in [0.05, 0.1) is 16.1 Å². The first kappa shape index (κ1) is 15.8. The second-order valence-electron chi connectivity index (χ2n) is 3.21. The van der Waals surface area contributed by atoms with Crippen LogP contribution in [-0.2, 0) is 12.4 Å². The fourth-order valence-electron chi connectivity index (χ4n) is 1.15. The smallest absolute Gasteiger partial charge is 0.417 e. The summed E-state index contributed by atoms with van der Waals surface area (Å²) in [4.78, 5) is 0. The van der Waals surface area contributed by atoms with E-state index < -0.39 is 40.9 Å². The molecule has 0 N–H and O–H groups in total. The zero-order valence-corrected chi connectivity index (χ0v) is 9.30. The average Bonchev–Trinajstić information content (AvgIpc) is 2.16. The third-order valence-corrected chi connectivity index (χ3v) is 2.28.